The van der Waals surface area contributed by atoms with E-state index in [1.54, 1.807) is 0 Å². The number of urea groups is 1. The van der Waals surface area contributed by atoms with Crippen LogP contribution in [0.4, 0.5) is 4.79 Å². The summed E-state index contributed by atoms with van der Waals surface area (Å²) in [7, 11) is 0. The lowest BCUT2D eigenvalue weighted by atomic mass is 10.1. The van der Waals surface area contributed by atoms with Crippen LogP contribution >= 0.6 is 11.3 Å². The smallest absolute Gasteiger partial charge is 0.315 e. The molecule has 2 heterocycles. The van der Waals surface area contributed by atoms with Gasteiger partial charge in [0.25, 0.3) is 0 Å². The van der Waals surface area contributed by atoms with Crippen molar-refractivity contribution in [1.29, 1.82) is 0 Å². The van der Waals surface area contributed by atoms with Crippen LogP contribution in [0, 0.1) is 0 Å². The van der Waals surface area contributed by atoms with Gasteiger partial charge < -0.3 is 15.7 Å². The van der Waals surface area contributed by atoms with Gasteiger partial charge >= 0.3 is 6.03 Å². The van der Waals surface area contributed by atoms with Gasteiger partial charge in [-0.1, -0.05) is 6.08 Å². The molecule has 0 radical (unpaired) electrons. The highest BCUT2D eigenvalue weighted by Gasteiger charge is 2.20. The minimum atomic E-state index is -0.642. The minimum absolute atomic E-state index is 0.202. The molecule has 0 bridgehead atoms. The molecule has 2 amide bonds. The monoisotopic (exact) mass is 309 g/mol. The Morgan fingerprint density at radius 3 is 2.95 bits per heavy atom. The van der Waals surface area contributed by atoms with Gasteiger partial charge in [0, 0.05) is 32.2 Å². The average Bonchev–Trinajstić information content (AvgIpc) is 3.01. The number of hydrogen-bond acceptors (Lipinski definition) is 4. The number of rotatable bonds is 6. The van der Waals surface area contributed by atoms with Gasteiger partial charge in [0.15, 0.2) is 0 Å². The van der Waals surface area contributed by atoms with Gasteiger partial charge in [-0.05, 0) is 35.2 Å². The predicted molar refractivity (Wildman–Crippen MR) is 85.5 cm³/mol. The molecular weight excluding hydrogens is 286 g/mol. The maximum Gasteiger partial charge on any atom is 0.315 e. The molecule has 0 spiro atoms. The molecule has 116 valence electrons. The fraction of sp³-hybridized carbons (Fsp3) is 0.533. The number of thiophene rings is 1. The molecule has 1 saturated heterocycles. The Bertz CT molecular complexity index is 442. The number of nitrogens with zero attached hydrogens (tertiary/aromatic N) is 1. The van der Waals surface area contributed by atoms with E-state index in [1.165, 1.54) is 11.3 Å². The number of carbonyl (C=O) groups excluding carboxylic acids is 1. The summed E-state index contributed by atoms with van der Waals surface area (Å²) in [5.74, 6) is 0. The first-order chi connectivity index (χ1) is 10.2. The van der Waals surface area contributed by atoms with Gasteiger partial charge in [-0.3, -0.25) is 4.90 Å². The maximum absolute atomic E-state index is 11.8. The third kappa shape index (κ3) is 5.15. The molecule has 1 aromatic rings. The number of carbonyl (C=O) groups is 1. The fourth-order valence-electron chi connectivity index (χ4n) is 2.45. The number of piperidine rings is 1. The van der Waals surface area contributed by atoms with Crippen LogP contribution in [0.5, 0.6) is 0 Å². The van der Waals surface area contributed by atoms with Crippen LogP contribution < -0.4 is 10.6 Å². The van der Waals surface area contributed by atoms with Crippen LogP contribution in [0.15, 0.2) is 29.5 Å². The summed E-state index contributed by atoms with van der Waals surface area (Å²) in [6, 6.07) is 1.88. The molecule has 2 rings (SSSR count). The first-order valence-corrected chi connectivity index (χ1v) is 8.21. The molecule has 0 saturated carbocycles. The number of hydrogen-bond donors (Lipinski definition) is 3. The lowest BCUT2D eigenvalue weighted by molar-refractivity contribution is 0.170. The summed E-state index contributed by atoms with van der Waals surface area (Å²) in [4.78, 5) is 14.2. The van der Waals surface area contributed by atoms with E-state index in [0.29, 0.717) is 0 Å². The zero-order chi connectivity index (χ0) is 15.1. The average molecular weight is 309 g/mol. The summed E-state index contributed by atoms with van der Waals surface area (Å²) in [6.45, 7) is 6.84. The lowest BCUT2D eigenvalue weighted by Crippen LogP contribution is -2.48. The van der Waals surface area contributed by atoms with E-state index in [0.717, 1.165) is 38.0 Å². The second-order valence-corrected chi connectivity index (χ2v) is 6.07. The quantitative estimate of drug-likeness (QED) is 0.701. The number of nitrogens with one attached hydrogen (secondary N) is 2. The van der Waals surface area contributed by atoms with Crippen LogP contribution in [0.3, 0.4) is 0 Å². The van der Waals surface area contributed by atoms with Crippen molar-refractivity contribution in [3.8, 4) is 0 Å². The Morgan fingerprint density at radius 1 is 1.57 bits per heavy atom. The summed E-state index contributed by atoms with van der Waals surface area (Å²) in [5.41, 5.74) is 0.845. The largest absolute Gasteiger partial charge is 0.387 e. The van der Waals surface area contributed by atoms with E-state index in [2.05, 4.69) is 22.1 Å². The summed E-state index contributed by atoms with van der Waals surface area (Å²) >= 11 is 1.53. The molecule has 0 aromatic carbocycles. The molecule has 6 heteroatoms. The third-order valence-electron chi connectivity index (χ3n) is 3.69. The Morgan fingerprint density at radius 2 is 2.33 bits per heavy atom. The Balaban J connectivity index is 1.65. The highest BCUT2D eigenvalue weighted by Crippen LogP contribution is 2.15. The van der Waals surface area contributed by atoms with Crippen molar-refractivity contribution < 1.29 is 9.90 Å². The standard InChI is InChI=1S/C15H23N3O2S/c1-2-6-18-7-3-13(4-8-18)17-15(20)16-10-14(19)12-5-9-21-11-12/h2,5,9,11,13-14,19H,1,3-4,6-8,10H2,(H2,16,17,20). The Labute approximate surface area is 129 Å². The van der Waals surface area contributed by atoms with Gasteiger partial charge in [0.1, 0.15) is 0 Å². The van der Waals surface area contributed by atoms with Gasteiger partial charge in [-0.15, -0.1) is 6.58 Å². The van der Waals surface area contributed by atoms with E-state index in [-0.39, 0.29) is 18.6 Å². The van der Waals surface area contributed by atoms with Gasteiger partial charge in [0.2, 0.25) is 0 Å². The zero-order valence-corrected chi connectivity index (χ0v) is 12.9. The van der Waals surface area contributed by atoms with Gasteiger partial charge in [-0.2, -0.15) is 11.3 Å². The zero-order valence-electron chi connectivity index (χ0n) is 12.1. The van der Waals surface area contributed by atoms with E-state index in [4.69, 9.17) is 0 Å². The summed E-state index contributed by atoms with van der Waals surface area (Å²) < 4.78 is 0. The van der Waals surface area contributed by atoms with E-state index in [1.807, 2.05) is 22.9 Å². The van der Waals surface area contributed by atoms with Gasteiger partial charge in [-0.25, -0.2) is 4.79 Å². The van der Waals surface area contributed by atoms with Crippen LogP contribution in [0.1, 0.15) is 24.5 Å². The topological polar surface area (TPSA) is 64.6 Å². The van der Waals surface area contributed by atoms with Crippen LogP contribution in [0.2, 0.25) is 0 Å². The maximum atomic E-state index is 11.8. The molecule has 5 nitrogen and oxygen atoms in total. The minimum Gasteiger partial charge on any atom is -0.387 e. The highest BCUT2D eigenvalue weighted by atomic mass is 32.1. The van der Waals surface area contributed by atoms with Crippen molar-refractivity contribution in [2.45, 2.75) is 25.0 Å². The molecular formula is C15H23N3O2S. The molecule has 3 N–H and O–H groups in total. The van der Waals surface area contributed by atoms with E-state index < -0.39 is 6.10 Å². The van der Waals surface area contributed by atoms with Crippen molar-refractivity contribution in [1.82, 2.24) is 15.5 Å². The third-order valence-corrected chi connectivity index (χ3v) is 4.40. The van der Waals surface area contributed by atoms with Gasteiger partial charge in [0.05, 0.1) is 6.10 Å². The molecule has 1 aliphatic rings. The second-order valence-electron chi connectivity index (χ2n) is 5.29. The predicted octanol–water partition coefficient (Wildman–Crippen LogP) is 1.73. The van der Waals surface area contributed by atoms with Crippen LogP contribution in [-0.4, -0.2) is 48.3 Å². The number of aliphatic hydroxyl groups is 1. The SMILES string of the molecule is C=CCN1CCC(NC(=O)NCC(O)c2ccsc2)CC1. The molecule has 0 aliphatic carbocycles. The van der Waals surface area contributed by atoms with E-state index >= 15 is 0 Å². The first kappa shape index (κ1) is 16.0. The van der Waals surface area contributed by atoms with Crippen LogP contribution in [-0.2, 0) is 0 Å². The van der Waals surface area contributed by atoms with Crippen molar-refractivity contribution in [3.05, 3.63) is 35.0 Å². The fourth-order valence-corrected chi connectivity index (χ4v) is 3.16. The second kappa shape index (κ2) is 8.17. The lowest BCUT2D eigenvalue weighted by Gasteiger charge is -2.31. The Hall–Kier alpha value is -1.37. The van der Waals surface area contributed by atoms with Crippen LogP contribution in [0.25, 0.3) is 0 Å². The molecule has 1 fully saturated rings. The number of amides is 2. The summed E-state index contributed by atoms with van der Waals surface area (Å²) in [5, 5.41) is 19.4. The number of likely N-dealkylation sites (tertiary alicyclic amines) is 1. The highest BCUT2D eigenvalue weighted by molar-refractivity contribution is 7.07. The van der Waals surface area contributed by atoms with E-state index in [9.17, 15) is 9.90 Å². The summed E-state index contributed by atoms with van der Waals surface area (Å²) in [6.07, 6.45) is 3.17. The Kier molecular flexibility index (Phi) is 6.22. The van der Waals surface area contributed by atoms with Crippen molar-refractivity contribution >= 4 is 17.4 Å². The molecule has 1 atom stereocenters. The first-order valence-electron chi connectivity index (χ1n) is 7.27. The van der Waals surface area contributed by atoms with Crippen molar-refractivity contribution in [2.24, 2.45) is 0 Å². The van der Waals surface area contributed by atoms with Crippen molar-refractivity contribution in [3.63, 3.8) is 0 Å². The molecule has 21 heavy (non-hydrogen) atoms. The van der Waals surface area contributed by atoms with Crippen molar-refractivity contribution in [2.75, 3.05) is 26.2 Å². The molecule has 1 aromatic heterocycles. The molecule has 1 unspecified atom stereocenters. The number of aliphatic hydroxyl groups excluding tert-OH is 1. The normalized spacial score (nSPS) is 18.1. The molecule has 1 aliphatic heterocycles.